The molecule has 1 aromatic heterocycles. The smallest absolute Gasteiger partial charge is 0.189 e. The van der Waals surface area contributed by atoms with E-state index in [0.29, 0.717) is 18.5 Å². The van der Waals surface area contributed by atoms with Crippen LogP contribution in [0, 0.1) is 0 Å². The van der Waals surface area contributed by atoms with Crippen molar-refractivity contribution in [1.82, 2.24) is 15.2 Å². The van der Waals surface area contributed by atoms with Crippen molar-refractivity contribution in [3.63, 3.8) is 0 Å². The van der Waals surface area contributed by atoms with Crippen LogP contribution in [-0.2, 0) is 6.54 Å². The molecule has 3 rings (SSSR count). The number of hydrogen-bond acceptors (Lipinski definition) is 4. The fraction of sp³-hybridized carbons (Fsp3) is 0.684. The number of aromatic nitrogens is 1. The predicted molar refractivity (Wildman–Crippen MR) is 104 cm³/mol. The Balaban J connectivity index is 1.54. The molecule has 2 fully saturated rings. The van der Waals surface area contributed by atoms with Crippen LogP contribution >= 0.6 is 0 Å². The van der Waals surface area contributed by atoms with Gasteiger partial charge in [0.15, 0.2) is 5.96 Å². The van der Waals surface area contributed by atoms with Crippen molar-refractivity contribution in [2.45, 2.75) is 51.1 Å². The predicted octanol–water partition coefficient (Wildman–Crippen LogP) is 1.96. The molecule has 2 aliphatic rings. The molecule has 1 aromatic rings. The number of likely N-dealkylation sites (N-methyl/N-ethyl adjacent to an activating group) is 1. The fourth-order valence-electron chi connectivity index (χ4n) is 3.62. The Morgan fingerprint density at radius 1 is 1.20 bits per heavy atom. The maximum atomic E-state index is 6.11. The Bertz CT molecular complexity index is 557. The van der Waals surface area contributed by atoms with E-state index in [4.69, 9.17) is 5.73 Å². The van der Waals surface area contributed by atoms with Crippen LogP contribution in [-0.4, -0.2) is 55.1 Å². The highest BCUT2D eigenvalue weighted by Gasteiger charge is 2.15. The number of pyridine rings is 1. The van der Waals surface area contributed by atoms with E-state index in [0.717, 1.165) is 37.6 Å². The van der Waals surface area contributed by atoms with Gasteiger partial charge in [0.1, 0.15) is 5.82 Å². The van der Waals surface area contributed by atoms with Gasteiger partial charge in [0.2, 0.25) is 0 Å². The Kier molecular flexibility index (Phi) is 6.50. The number of guanidine groups is 1. The Labute approximate surface area is 151 Å². The average molecular weight is 345 g/mol. The molecule has 138 valence electrons. The normalized spacial score (nSPS) is 21.2. The van der Waals surface area contributed by atoms with E-state index < -0.39 is 0 Å². The molecular weight excluding hydrogens is 312 g/mol. The molecule has 0 amide bonds. The van der Waals surface area contributed by atoms with Crippen LogP contribution in [0.4, 0.5) is 5.82 Å². The molecule has 2 heterocycles. The maximum Gasteiger partial charge on any atom is 0.189 e. The highest BCUT2D eigenvalue weighted by atomic mass is 15.3. The zero-order valence-corrected chi connectivity index (χ0v) is 15.5. The Morgan fingerprint density at radius 3 is 2.64 bits per heavy atom. The quantitative estimate of drug-likeness (QED) is 0.496. The monoisotopic (exact) mass is 344 g/mol. The summed E-state index contributed by atoms with van der Waals surface area (Å²) in [6.45, 7) is 4.84. The minimum absolute atomic E-state index is 0.490. The van der Waals surface area contributed by atoms with Gasteiger partial charge < -0.3 is 20.9 Å². The first-order chi connectivity index (χ1) is 12.2. The first-order valence-corrected chi connectivity index (χ1v) is 9.65. The van der Waals surface area contributed by atoms with E-state index >= 15 is 0 Å². The standard InChI is InChI=1S/C19H32N6/c1-24-10-12-25(13-11-24)18-14-16(8-9-21-18)15-22-19(20)23-17-6-4-2-3-5-7-17/h8-9,14,17H,2-7,10-13,15H2,1H3,(H3,20,22,23). The first-order valence-electron chi connectivity index (χ1n) is 9.65. The molecule has 1 aliphatic heterocycles. The fourth-order valence-corrected chi connectivity index (χ4v) is 3.62. The molecular formula is C19H32N6. The van der Waals surface area contributed by atoms with Gasteiger partial charge in [-0.05, 0) is 37.6 Å². The van der Waals surface area contributed by atoms with Gasteiger partial charge >= 0.3 is 0 Å². The van der Waals surface area contributed by atoms with Crippen LogP contribution in [0.5, 0.6) is 0 Å². The summed E-state index contributed by atoms with van der Waals surface area (Å²) in [6.07, 6.45) is 9.58. The maximum absolute atomic E-state index is 6.11. The molecule has 6 heteroatoms. The van der Waals surface area contributed by atoms with Crippen LogP contribution < -0.4 is 16.0 Å². The topological polar surface area (TPSA) is 69.8 Å². The zero-order valence-electron chi connectivity index (χ0n) is 15.5. The average Bonchev–Trinajstić information content (AvgIpc) is 2.89. The zero-order chi connectivity index (χ0) is 17.5. The van der Waals surface area contributed by atoms with E-state index in [2.05, 4.69) is 38.2 Å². The van der Waals surface area contributed by atoms with Crippen LogP contribution in [0.25, 0.3) is 0 Å². The van der Waals surface area contributed by atoms with Gasteiger partial charge in [0, 0.05) is 38.4 Å². The van der Waals surface area contributed by atoms with Crippen LogP contribution in [0.1, 0.15) is 44.1 Å². The van der Waals surface area contributed by atoms with E-state index in [9.17, 15) is 0 Å². The number of hydrogen-bond donors (Lipinski definition) is 2. The molecule has 0 atom stereocenters. The molecule has 0 unspecified atom stereocenters. The summed E-state index contributed by atoms with van der Waals surface area (Å²) in [7, 11) is 2.17. The number of nitrogens with two attached hydrogens (primary N) is 1. The van der Waals surface area contributed by atoms with E-state index in [1.54, 1.807) is 0 Å². The van der Waals surface area contributed by atoms with Crippen molar-refractivity contribution in [1.29, 1.82) is 0 Å². The third-order valence-corrected chi connectivity index (χ3v) is 5.28. The lowest BCUT2D eigenvalue weighted by molar-refractivity contribution is 0.312. The second kappa shape index (κ2) is 9.04. The van der Waals surface area contributed by atoms with Crippen molar-refractivity contribution in [3.8, 4) is 0 Å². The van der Waals surface area contributed by atoms with Gasteiger partial charge in [0.05, 0.1) is 6.54 Å². The largest absolute Gasteiger partial charge is 0.370 e. The SMILES string of the molecule is CN1CCN(c2cc(CN=C(N)NC3CCCCCC3)ccn2)CC1. The molecule has 0 aromatic carbocycles. The molecule has 0 spiro atoms. The number of piperazine rings is 1. The van der Waals surface area contributed by atoms with E-state index in [1.165, 1.54) is 38.5 Å². The molecule has 0 radical (unpaired) electrons. The lowest BCUT2D eigenvalue weighted by Gasteiger charge is -2.33. The second-order valence-corrected chi connectivity index (χ2v) is 7.35. The van der Waals surface area contributed by atoms with Gasteiger partial charge in [-0.25, -0.2) is 9.98 Å². The van der Waals surface area contributed by atoms with Gasteiger partial charge in [-0.2, -0.15) is 0 Å². The lowest BCUT2D eigenvalue weighted by Crippen LogP contribution is -2.44. The first kappa shape index (κ1) is 18.0. The highest BCUT2D eigenvalue weighted by Crippen LogP contribution is 2.17. The number of anilines is 1. The van der Waals surface area contributed by atoms with E-state index in [-0.39, 0.29) is 0 Å². The third-order valence-electron chi connectivity index (χ3n) is 5.28. The van der Waals surface area contributed by atoms with Crippen molar-refractivity contribution in [2.24, 2.45) is 10.7 Å². The Morgan fingerprint density at radius 2 is 1.92 bits per heavy atom. The Hall–Kier alpha value is -1.82. The highest BCUT2D eigenvalue weighted by molar-refractivity contribution is 5.78. The van der Waals surface area contributed by atoms with Gasteiger partial charge in [-0.1, -0.05) is 25.7 Å². The van der Waals surface area contributed by atoms with Crippen molar-refractivity contribution in [2.75, 3.05) is 38.1 Å². The summed E-state index contributed by atoms with van der Waals surface area (Å²) in [5.41, 5.74) is 7.27. The molecule has 0 bridgehead atoms. The van der Waals surface area contributed by atoms with Crippen molar-refractivity contribution >= 4 is 11.8 Å². The summed E-state index contributed by atoms with van der Waals surface area (Å²) in [5.74, 6) is 1.63. The summed E-state index contributed by atoms with van der Waals surface area (Å²) in [6, 6.07) is 4.67. The molecule has 6 nitrogen and oxygen atoms in total. The number of nitrogens with one attached hydrogen (secondary N) is 1. The van der Waals surface area contributed by atoms with E-state index in [1.807, 2.05) is 12.3 Å². The van der Waals surface area contributed by atoms with Crippen LogP contribution in [0.3, 0.4) is 0 Å². The third kappa shape index (κ3) is 5.59. The van der Waals surface area contributed by atoms with Gasteiger partial charge in [-0.15, -0.1) is 0 Å². The molecule has 1 saturated heterocycles. The molecule has 25 heavy (non-hydrogen) atoms. The molecule has 3 N–H and O–H groups in total. The number of rotatable bonds is 4. The van der Waals surface area contributed by atoms with Crippen molar-refractivity contribution < 1.29 is 0 Å². The second-order valence-electron chi connectivity index (χ2n) is 7.35. The van der Waals surface area contributed by atoms with Crippen LogP contribution in [0.15, 0.2) is 23.3 Å². The minimum atomic E-state index is 0.490. The number of aliphatic imine (C=N–C) groups is 1. The molecule has 1 saturated carbocycles. The molecule has 1 aliphatic carbocycles. The summed E-state index contributed by atoms with van der Waals surface area (Å²) in [4.78, 5) is 13.8. The summed E-state index contributed by atoms with van der Waals surface area (Å²) in [5, 5.41) is 3.41. The lowest BCUT2D eigenvalue weighted by atomic mass is 10.1. The van der Waals surface area contributed by atoms with Crippen LogP contribution in [0.2, 0.25) is 0 Å². The minimum Gasteiger partial charge on any atom is -0.370 e. The van der Waals surface area contributed by atoms with Gasteiger partial charge in [-0.3, -0.25) is 0 Å². The number of nitrogens with zero attached hydrogens (tertiary/aromatic N) is 4. The van der Waals surface area contributed by atoms with Gasteiger partial charge in [0.25, 0.3) is 0 Å². The summed E-state index contributed by atoms with van der Waals surface area (Å²) < 4.78 is 0. The summed E-state index contributed by atoms with van der Waals surface area (Å²) >= 11 is 0. The van der Waals surface area contributed by atoms with Crippen molar-refractivity contribution in [3.05, 3.63) is 23.9 Å².